The van der Waals surface area contributed by atoms with E-state index in [9.17, 15) is 13.2 Å². The summed E-state index contributed by atoms with van der Waals surface area (Å²) in [7, 11) is -2.53. The van der Waals surface area contributed by atoms with Crippen LogP contribution in [-0.2, 0) is 14.8 Å². The summed E-state index contributed by atoms with van der Waals surface area (Å²) in [5.74, 6) is 0.721. The zero-order chi connectivity index (χ0) is 17.6. The van der Waals surface area contributed by atoms with E-state index in [1.807, 2.05) is 6.92 Å². The lowest BCUT2D eigenvalue weighted by Gasteiger charge is -2.37. The van der Waals surface area contributed by atoms with Gasteiger partial charge in [-0.1, -0.05) is 0 Å². The largest absolute Gasteiger partial charge is 0.463 e. The van der Waals surface area contributed by atoms with Gasteiger partial charge in [-0.2, -0.15) is 9.40 Å². The molecule has 0 radical (unpaired) electrons. The van der Waals surface area contributed by atoms with Gasteiger partial charge in [0.05, 0.1) is 13.2 Å². The molecule has 3 rings (SSSR count). The molecular weight excluding hydrogens is 336 g/mol. The number of aromatic nitrogens is 3. The Morgan fingerprint density at radius 1 is 1.33 bits per heavy atom. The highest BCUT2D eigenvalue weighted by Gasteiger charge is 2.40. The second-order valence-corrected chi connectivity index (χ2v) is 7.56. The lowest BCUT2D eigenvalue weighted by atomic mass is 10.2. The molecule has 0 aliphatic carbocycles. The molecule has 2 aromatic rings. The second kappa shape index (κ2) is 5.71. The highest BCUT2D eigenvalue weighted by Crippen LogP contribution is 2.31. The van der Waals surface area contributed by atoms with Crippen molar-refractivity contribution < 1.29 is 22.4 Å². The van der Waals surface area contributed by atoms with E-state index in [4.69, 9.17) is 4.42 Å². The summed E-state index contributed by atoms with van der Waals surface area (Å²) in [5.41, 5.74) is 0. The molecule has 0 unspecified atom stereocenters. The van der Waals surface area contributed by atoms with Crippen molar-refractivity contribution in [3.05, 3.63) is 29.2 Å². The standard InChI is InChI=1S/C14H18N4O5S/c1-8-13(5-12(23-8)14(19)22-4)24(20,21)17-6-11(7-17)18-10(3)15-9(2)16-18/h5,11H,6-7H2,1-4H3. The van der Waals surface area contributed by atoms with Gasteiger partial charge in [0.15, 0.2) is 0 Å². The van der Waals surface area contributed by atoms with Gasteiger partial charge in [0.2, 0.25) is 15.8 Å². The Morgan fingerprint density at radius 3 is 2.54 bits per heavy atom. The van der Waals surface area contributed by atoms with Crippen molar-refractivity contribution in [3.63, 3.8) is 0 Å². The van der Waals surface area contributed by atoms with Gasteiger partial charge in [-0.3, -0.25) is 0 Å². The minimum atomic E-state index is -3.73. The Morgan fingerprint density at radius 2 is 2.00 bits per heavy atom. The second-order valence-electron chi connectivity index (χ2n) is 5.65. The Balaban J connectivity index is 1.80. The van der Waals surface area contributed by atoms with Gasteiger partial charge in [0.25, 0.3) is 0 Å². The molecule has 1 aliphatic rings. The first kappa shape index (κ1) is 16.7. The number of hydrogen-bond acceptors (Lipinski definition) is 7. The number of nitrogens with zero attached hydrogens (tertiary/aromatic N) is 4. The van der Waals surface area contributed by atoms with E-state index in [1.54, 1.807) is 11.6 Å². The van der Waals surface area contributed by atoms with Crippen LogP contribution in [0.15, 0.2) is 15.4 Å². The lowest BCUT2D eigenvalue weighted by molar-refractivity contribution is 0.0563. The van der Waals surface area contributed by atoms with E-state index < -0.39 is 16.0 Å². The Kier molecular flexibility index (Phi) is 3.96. The van der Waals surface area contributed by atoms with Gasteiger partial charge >= 0.3 is 5.97 Å². The average Bonchev–Trinajstić information content (AvgIpc) is 3.00. The fourth-order valence-electron chi connectivity index (χ4n) is 2.71. The first-order valence-electron chi connectivity index (χ1n) is 7.32. The summed E-state index contributed by atoms with van der Waals surface area (Å²) in [5, 5.41) is 4.28. The van der Waals surface area contributed by atoms with Gasteiger partial charge in [-0.25, -0.2) is 22.9 Å². The molecule has 2 aromatic heterocycles. The average molecular weight is 354 g/mol. The Labute approximate surface area is 139 Å². The number of ether oxygens (including phenoxy) is 1. The quantitative estimate of drug-likeness (QED) is 0.748. The van der Waals surface area contributed by atoms with Gasteiger partial charge in [0, 0.05) is 19.2 Å². The number of carbonyl (C=O) groups excluding carboxylic acids is 1. The molecule has 1 aliphatic heterocycles. The van der Waals surface area contributed by atoms with Crippen LogP contribution in [0.1, 0.15) is 34.0 Å². The first-order chi connectivity index (χ1) is 11.2. The van der Waals surface area contributed by atoms with Crippen molar-refractivity contribution in [2.45, 2.75) is 31.7 Å². The molecule has 9 nitrogen and oxygen atoms in total. The molecule has 0 amide bonds. The number of rotatable bonds is 4. The minimum absolute atomic E-state index is 0.0205. The van der Waals surface area contributed by atoms with Crippen LogP contribution in [0.25, 0.3) is 0 Å². The Bertz CT molecular complexity index is 892. The summed E-state index contributed by atoms with van der Waals surface area (Å²) in [4.78, 5) is 15.7. The van der Waals surface area contributed by atoms with Crippen molar-refractivity contribution in [1.82, 2.24) is 19.1 Å². The summed E-state index contributed by atoms with van der Waals surface area (Å²) in [6, 6.07) is 1.16. The first-order valence-corrected chi connectivity index (χ1v) is 8.76. The molecule has 24 heavy (non-hydrogen) atoms. The van der Waals surface area contributed by atoms with Crippen LogP contribution in [0, 0.1) is 20.8 Å². The highest BCUT2D eigenvalue weighted by molar-refractivity contribution is 7.89. The van der Waals surface area contributed by atoms with Crippen LogP contribution < -0.4 is 0 Å². The van der Waals surface area contributed by atoms with E-state index in [0.29, 0.717) is 18.9 Å². The number of hydrogen-bond donors (Lipinski definition) is 0. The third-order valence-electron chi connectivity index (χ3n) is 3.96. The molecule has 1 saturated heterocycles. The summed E-state index contributed by atoms with van der Waals surface area (Å²) in [6.07, 6.45) is 0. The predicted octanol–water partition coefficient (Wildman–Crippen LogP) is 0.829. The fraction of sp³-hybridized carbons (Fsp3) is 0.500. The molecule has 0 saturated carbocycles. The SMILES string of the molecule is COC(=O)c1cc(S(=O)(=O)N2CC(n3nc(C)nc3C)C2)c(C)o1. The molecule has 0 bridgehead atoms. The Hall–Kier alpha value is -2.20. The van der Waals surface area contributed by atoms with Crippen LogP contribution in [0.2, 0.25) is 0 Å². The maximum atomic E-state index is 12.7. The summed E-state index contributed by atoms with van der Waals surface area (Å²) >= 11 is 0. The zero-order valence-electron chi connectivity index (χ0n) is 13.8. The maximum absolute atomic E-state index is 12.7. The highest BCUT2D eigenvalue weighted by atomic mass is 32.2. The van der Waals surface area contributed by atoms with E-state index in [2.05, 4.69) is 14.8 Å². The van der Waals surface area contributed by atoms with Gasteiger partial charge in [-0.15, -0.1) is 0 Å². The van der Waals surface area contributed by atoms with Crippen LogP contribution in [0.4, 0.5) is 0 Å². The molecule has 10 heteroatoms. The molecule has 0 N–H and O–H groups in total. The molecule has 3 heterocycles. The topological polar surface area (TPSA) is 108 Å². The van der Waals surface area contributed by atoms with Crippen LogP contribution in [0.5, 0.6) is 0 Å². The van der Waals surface area contributed by atoms with Crippen molar-refractivity contribution >= 4 is 16.0 Å². The third-order valence-corrected chi connectivity index (χ3v) is 5.90. The zero-order valence-corrected chi connectivity index (χ0v) is 14.6. The van der Waals surface area contributed by atoms with Gasteiger partial charge < -0.3 is 9.15 Å². The smallest absolute Gasteiger partial charge is 0.373 e. The number of aryl methyl sites for hydroxylation is 3. The maximum Gasteiger partial charge on any atom is 0.373 e. The van der Waals surface area contributed by atoms with Gasteiger partial charge in [-0.05, 0) is 20.8 Å². The van der Waals surface area contributed by atoms with Gasteiger partial charge in [0.1, 0.15) is 22.3 Å². The number of methoxy groups -OCH3 is 1. The van der Waals surface area contributed by atoms with Crippen molar-refractivity contribution in [1.29, 1.82) is 0 Å². The van der Waals surface area contributed by atoms with E-state index in [0.717, 1.165) is 5.82 Å². The molecule has 1 fully saturated rings. The fourth-order valence-corrected chi connectivity index (χ4v) is 4.39. The summed E-state index contributed by atoms with van der Waals surface area (Å²) < 4.78 is 38.2. The monoisotopic (exact) mass is 354 g/mol. The molecule has 0 aromatic carbocycles. The minimum Gasteiger partial charge on any atom is -0.463 e. The van der Waals surface area contributed by atoms with E-state index in [1.165, 1.54) is 24.4 Å². The van der Waals surface area contributed by atoms with Crippen molar-refractivity contribution in [3.8, 4) is 0 Å². The summed E-state index contributed by atoms with van der Waals surface area (Å²) in [6.45, 7) is 5.72. The van der Waals surface area contributed by atoms with Crippen molar-refractivity contribution in [2.75, 3.05) is 20.2 Å². The third kappa shape index (κ3) is 2.61. The number of sulfonamides is 1. The van der Waals surface area contributed by atoms with E-state index >= 15 is 0 Å². The van der Waals surface area contributed by atoms with Crippen LogP contribution >= 0.6 is 0 Å². The van der Waals surface area contributed by atoms with Crippen LogP contribution in [0.3, 0.4) is 0 Å². The molecule has 130 valence electrons. The lowest BCUT2D eigenvalue weighted by Crippen LogP contribution is -2.51. The predicted molar refractivity (Wildman–Crippen MR) is 82.1 cm³/mol. The molecule has 0 atom stereocenters. The number of esters is 1. The van der Waals surface area contributed by atoms with Crippen LogP contribution in [-0.4, -0.2) is 53.7 Å². The number of furan rings is 1. The molecule has 0 spiro atoms. The van der Waals surface area contributed by atoms with Crippen molar-refractivity contribution in [2.24, 2.45) is 0 Å². The van der Waals surface area contributed by atoms with E-state index in [-0.39, 0.29) is 22.5 Å². The normalized spacial score (nSPS) is 16.2. The molecular formula is C14H18N4O5S. The number of carbonyl (C=O) groups is 1.